The number of carbonyl (C=O) groups is 2. The third kappa shape index (κ3) is 4.45. The second kappa shape index (κ2) is 9.08. The molecule has 0 atom stereocenters. The van der Waals surface area contributed by atoms with E-state index in [1.165, 1.54) is 0 Å². The van der Waals surface area contributed by atoms with Gasteiger partial charge in [-0.2, -0.15) is 0 Å². The Balaban J connectivity index is 2.46. The molecule has 2 rings (SSSR count). The van der Waals surface area contributed by atoms with Crippen LogP contribution in [0.1, 0.15) is 32.3 Å². The van der Waals surface area contributed by atoms with Gasteiger partial charge in [0.15, 0.2) is 0 Å². The van der Waals surface area contributed by atoms with Crippen LogP contribution < -0.4 is 4.74 Å². The van der Waals surface area contributed by atoms with E-state index in [2.05, 4.69) is 0 Å². The van der Waals surface area contributed by atoms with E-state index >= 15 is 0 Å². The normalized spacial score (nSPS) is 14.4. The van der Waals surface area contributed by atoms with Gasteiger partial charge in [0, 0.05) is 19.4 Å². The van der Waals surface area contributed by atoms with E-state index in [-0.39, 0.29) is 13.2 Å². The smallest absolute Gasteiger partial charge is 0.336 e. The molecule has 1 heterocycles. The van der Waals surface area contributed by atoms with E-state index < -0.39 is 17.9 Å². The lowest BCUT2D eigenvalue weighted by atomic mass is 9.83. The Morgan fingerprint density at radius 1 is 0.885 bits per heavy atom. The van der Waals surface area contributed by atoms with Crippen molar-refractivity contribution in [1.29, 1.82) is 0 Å². The van der Waals surface area contributed by atoms with Crippen molar-refractivity contribution in [2.75, 3.05) is 26.9 Å². The lowest BCUT2D eigenvalue weighted by Gasteiger charge is -2.28. The highest BCUT2D eigenvalue weighted by molar-refractivity contribution is 5.98. The molecule has 0 radical (unpaired) electrons. The Labute approximate surface area is 154 Å². The number of nitrogens with zero attached hydrogens (tertiary/aromatic N) is 1. The summed E-state index contributed by atoms with van der Waals surface area (Å²) in [4.78, 5) is 26.7. The summed E-state index contributed by atoms with van der Waals surface area (Å²) in [6.45, 7) is 6.49. The molecule has 26 heavy (non-hydrogen) atoms. The zero-order chi connectivity index (χ0) is 19.1. The SMILES string of the molecule is CCOC(=O)C1=CN(C)C=C(C(=O)OCC)C1c1ccc(OCC)cc1. The Hall–Kier alpha value is -2.76. The Kier molecular flexibility index (Phi) is 6.83. The zero-order valence-electron chi connectivity index (χ0n) is 15.7. The highest BCUT2D eigenvalue weighted by atomic mass is 16.5. The second-order valence-corrected chi connectivity index (χ2v) is 5.71. The van der Waals surface area contributed by atoms with E-state index in [9.17, 15) is 9.59 Å². The number of rotatable bonds is 7. The van der Waals surface area contributed by atoms with Crippen LogP contribution in [-0.2, 0) is 19.1 Å². The van der Waals surface area contributed by atoms with Crippen LogP contribution in [0.4, 0.5) is 0 Å². The van der Waals surface area contributed by atoms with Crippen molar-refractivity contribution in [2.24, 2.45) is 0 Å². The van der Waals surface area contributed by atoms with E-state index in [4.69, 9.17) is 14.2 Å². The van der Waals surface area contributed by atoms with E-state index in [1.54, 1.807) is 38.2 Å². The zero-order valence-corrected chi connectivity index (χ0v) is 15.7. The van der Waals surface area contributed by atoms with Crippen LogP contribution in [0.2, 0.25) is 0 Å². The average Bonchev–Trinajstić information content (AvgIpc) is 2.62. The third-order valence-electron chi connectivity index (χ3n) is 3.85. The second-order valence-electron chi connectivity index (χ2n) is 5.71. The first-order chi connectivity index (χ1) is 12.5. The minimum Gasteiger partial charge on any atom is -0.494 e. The van der Waals surface area contributed by atoms with Crippen LogP contribution in [0, 0.1) is 0 Å². The van der Waals surface area contributed by atoms with Gasteiger partial charge < -0.3 is 19.1 Å². The van der Waals surface area contributed by atoms with E-state index in [0.717, 1.165) is 11.3 Å². The van der Waals surface area contributed by atoms with Gasteiger partial charge in [-0.15, -0.1) is 0 Å². The van der Waals surface area contributed by atoms with Crippen molar-refractivity contribution in [3.63, 3.8) is 0 Å². The van der Waals surface area contributed by atoms with Crippen molar-refractivity contribution in [1.82, 2.24) is 4.90 Å². The minimum atomic E-state index is -0.556. The molecule has 1 aromatic carbocycles. The molecule has 140 valence electrons. The van der Waals surface area contributed by atoms with Crippen molar-refractivity contribution in [3.05, 3.63) is 53.4 Å². The first-order valence-corrected chi connectivity index (χ1v) is 8.74. The fourth-order valence-electron chi connectivity index (χ4n) is 2.84. The molecule has 0 bridgehead atoms. The maximum atomic E-state index is 12.5. The molecule has 0 saturated heterocycles. The van der Waals surface area contributed by atoms with Gasteiger partial charge in [0.25, 0.3) is 0 Å². The van der Waals surface area contributed by atoms with E-state index in [0.29, 0.717) is 17.8 Å². The molecule has 6 nitrogen and oxygen atoms in total. The van der Waals surface area contributed by atoms with Crippen molar-refractivity contribution in [3.8, 4) is 5.75 Å². The molecule has 0 aromatic heterocycles. The average molecular weight is 359 g/mol. The van der Waals surface area contributed by atoms with Crippen LogP contribution in [0.25, 0.3) is 0 Å². The van der Waals surface area contributed by atoms with Gasteiger partial charge in [-0.1, -0.05) is 12.1 Å². The summed E-state index contributed by atoms with van der Waals surface area (Å²) < 4.78 is 15.9. The highest BCUT2D eigenvalue weighted by Crippen LogP contribution is 2.37. The van der Waals surface area contributed by atoms with Gasteiger partial charge in [0.05, 0.1) is 36.9 Å². The molecule has 1 aromatic rings. The third-order valence-corrected chi connectivity index (χ3v) is 3.85. The lowest BCUT2D eigenvalue weighted by Crippen LogP contribution is -2.28. The molecule has 1 aliphatic rings. The number of benzene rings is 1. The van der Waals surface area contributed by atoms with Gasteiger partial charge in [0.1, 0.15) is 5.75 Å². The van der Waals surface area contributed by atoms with Gasteiger partial charge in [0.2, 0.25) is 0 Å². The molecule has 0 saturated carbocycles. The molecule has 0 amide bonds. The monoisotopic (exact) mass is 359 g/mol. The first kappa shape index (κ1) is 19.6. The fourth-order valence-corrected chi connectivity index (χ4v) is 2.84. The van der Waals surface area contributed by atoms with Gasteiger partial charge >= 0.3 is 11.9 Å². The van der Waals surface area contributed by atoms with Crippen molar-refractivity contribution >= 4 is 11.9 Å². The lowest BCUT2D eigenvalue weighted by molar-refractivity contribution is -0.139. The summed E-state index contributed by atoms with van der Waals surface area (Å²) in [6.07, 6.45) is 3.36. The summed E-state index contributed by atoms with van der Waals surface area (Å²) in [5.74, 6) is -0.728. The highest BCUT2D eigenvalue weighted by Gasteiger charge is 2.34. The van der Waals surface area contributed by atoms with Crippen LogP contribution >= 0.6 is 0 Å². The number of hydrogen-bond acceptors (Lipinski definition) is 6. The molecule has 0 aliphatic carbocycles. The maximum absolute atomic E-state index is 12.5. The number of ether oxygens (including phenoxy) is 3. The quantitative estimate of drug-likeness (QED) is 0.697. The van der Waals surface area contributed by atoms with Crippen molar-refractivity contribution < 1.29 is 23.8 Å². The molecular formula is C20H25NO5. The number of esters is 2. The van der Waals surface area contributed by atoms with Crippen LogP contribution in [0.3, 0.4) is 0 Å². The predicted molar refractivity (Wildman–Crippen MR) is 97.5 cm³/mol. The molecule has 6 heteroatoms. The van der Waals surface area contributed by atoms with Gasteiger partial charge in [-0.05, 0) is 38.5 Å². The summed E-state index contributed by atoms with van der Waals surface area (Å²) in [6, 6.07) is 7.34. The first-order valence-electron chi connectivity index (χ1n) is 8.74. The molecule has 0 spiro atoms. The van der Waals surface area contributed by atoms with Gasteiger partial charge in [-0.3, -0.25) is 0 Å². The fraction of sp³-hybridized carbons (Fsp3) is 0.400. The van der Waals surface area contributed by atoms with Crippen molar-refractivity contribution in [2.45, 2.75) is 26.7 Å². The summed E-state index contributed by atoms with van der Waals surface area (Å²) in [5.41, 5.74) is 1.58. The summed E-state index contributed by atoms with van der Waals surface area (Å²) in [7, 11) is 1.76. The minimum absolute atomic E-state index is 0.258. The topological polar surface area (TPSA) is 65.1 Å². The Bertz CT molecular complexity index is 669. The Morgan fingerprint density at radius 2 is 1.38 bits per heavy atom. The molecule has 1 aliphatic heterocycles. The Morgan fingerprint density at radius 3 is 1.81 bits per heavy atom. The summed E-state index contributed by atoms with van der Waals surface area (Å²) >= 11 is 0. The standard InChI is InChI=1S/C20H25NO5/c1-5-24-15-10-8-14(9-11-15)18-16(19(22)25-6-2)12-21(4)13-17(18)20(23)26-7-3/h8-13,18H,5-7H2,1-4H3. The largest absolute Gasteiger partial charge is 0.494 e. The maximum Gasteiger partial charge on any atom is 0.336 e. The van der Waals surface area contributed by atoms with Crippen LogP contribution in [0.15, 0.2) is 47.8 Å². The molecule has 0 unspecified atom stereocenters. The molecular weight excluding hydrogens is 334 g/mol. The van der Waals surface area contributed by atoms with Crippen LogP contribution in [0.5, 0.6) is 5.75 Å². The number of carbonyl (C=O) groups excluding carboxylic acids is 2. The molecule has 0 N–H and O–H groups in total. The van der Waals surface area contributed by atoms with Crippen LogP contribution in [-0.4, -0.2) is 43.7 Å². The van der Waals surface area contributed by atoms with Gasteiger partial charge in [-0.25, -0.2) is 9.59 Å². The molecule has 0 fully saturated rings. The van der Waals surface area contributed by atoms with E-state index in [1.807, 2.05) is 31.2 Å². The number of hydrogen-bond donors (Lipinski definition) is 0. The summed E-state index contributed by atoms with van der Waals surface area (Å²) in [5, 5.41) is 0. The predicted octanol–water partition coefficient (Wildman–Crippen LogP) is 3.01.